The molecule has 132 valence electrons. The highest BCUT2D eigenvalue weighted by Gasteiger charge is 2.11. The fourth-order valence-electron chi connectivity index (χ4n) is 3.34. The fourth-order valence-corrected chi connectivity index (χ4v) is 3.34. The number of hydrogen-bond donors (Lipinski definition) is 2. The van der Waals surface area contributed by atoms with Gasteiger partial charge in [-0.05, 0) is 49.1 Å². The van der Waals surface area contributed by atoms with Gasteiger partial charge in [0.15, 0.2) is 0 Å². The van der Waals surface area contributed by atoms with Crippen molar-refractivity contribution in [1.82, 2.24) is 0 Å². The highest BCUT2D eigenvalue weighted by Crippen LogP contribution is 2.23. The number of carbonyl (C=O) groups is 1. The molecule has 0 radical (unpaired) electrons. The molecule has 4 nitrogen and oxygen atoms in total. The van der Waals surface area contributed by atoms with Crippen molar-refractivity contribution in [2.75, 3.05) is 29.0 Å². The number of carbonyl (C=O) groups excluding carboxylic acids is 1. The molecule has 0 atom stereocenters. The maximum absolute atomic E-state index is 12.3. The third kappa shape index (κ3) is 4.99. The van der Waals surface area contributed by atoms with Gasteiger partial charge in [-0.25, -0.2) is 0 Å². The third-order valence-electron chi connectivity index (χ3n) is 4.78. The van der Waals surface area contributed by atoms with Crippen LogP contribution in [0.25, 0.3) is 0 Å². The van der Waals surface area contributed by atoms with E-state index in [1.807, 2.05) is 36.4 Å². The molecule has 1 amide bonds. The normalized spacial score (nSPS) is 14.8. The van der Waals surface area contributed by atoms with E-state index in [1.54, 1.807) is 0 Å². The number of para-hydroxylation sites is 1. The van der Waals surface area contributed by atoms with E-state index in [9.17, 15) is 4.79 Å². The molecule has 1 saturated heterocycles. The number of nitrogens with zero attached hydrogens (tertiary/aromatic N) is 1. The maximum Gasteiger partial charge on any atom is 0.224 e. The van der Waals surface area contributed by atoms with Gasteiger partial charge >= 0.3 is 0 Å². The van der Waals surface area contributed by atoms with Gasteiger partial charge in [0, 0.05) is 36.6 Å². The molecular weight excluding hydrogens is 310 g/mol. The van der Waals surface area contributed by atoms with Crippen molar-refractivity contribution in [3.05, 3.63) is 54.1 Å². The molecule has 3 N–H and O–H groups in total. The van der Waals surface area contributed by atoms with E-state index >= 15 is 0 Å². The van der Waals surface area contributed by atoms with Crippen LogP contribution in [0, 0.1) is 0 Å². The smallest absolute Gasteiger partial charge is 0.224 e. The number of nitrogens with two attached hydrogens (primary N) is 1. The summed E-state index contributed by atoms with van der Waals surface area (Å²) in [6, 6.07) is 15.9. The van der Waals surface area contributed by atoms with Gasteiger partial charge in [-0.15, -0.1) is 0 Å². The number of amides is 1. The van der Waals surface area contributed by atoms with Crippen molar-refractivity contribution in [3.63, 3.8) is 0 Å². The predicted octanol–water partition coefficient (Wildman–Crippen LogP) is 4.22. The first-order valence-corrected chi connectivity index (χ1v) is 9.20. The molecule has 1 aliphatic rings. The van der Waals surface area contributed by atoms with Crippen LogP contribution < -0.4 is 16.0 Å². The predicted molar refractivity (Wildman–Crippen MR) is 105 cm³/mol. The Hall–Kier alpha value is -2.49. The highest BCUT2D eigenvalue weighted by molar-refractivity contribution is 5.91. The number of anilines is 3. The van der Waals surface area contributed by atoms with Gasteiger partial charge in [-0.2, -0.15) is 0 Å². The fraction of sp³-hybridized carbons (Fsp3) is 0.381. The standard InChI is InChI=1S/C21H27N3O/c22-20-11-4-3-8-17(20)12-13-21(25)23-18-9-7-10-19(16-18)24-14-5-1-2-6-15-24/h3-4,7-11,16H,1-2,5-6,12-15,22H2,(H,23,25). The number of hydrogen-bond acceptors (Lipinski definition) is 3. The molecular formula is C21H27N3O. The zero-order chi connectivity index (χ0) is 17.5. The summed E-state index contributed by atoms with van der Waals surface area (Å²) in [6.07, 6.45) is 6.21. The summed E-state index contributed by atoms with van der Waals surface area (Å²) in [5, 5.41) is 3.02. The van der Waals surface area contributed by atoms with Crippen LogP contribution >= 0.6 is 0 Å². The molecule has 1 heterocycles. The van der Waals surface area contributed by atoms with Crippen molar-refractivity contribution >= 4 is 23.0 Å². The first-order valence-electron chi connectivity index (χ1n) is 9.20. The van der Waals surface area contributed by atoms with Gasteiger partial charge < -0.3 is 16.0 Å². The summed E-state index contributed by atoms with van der Waals surface area (Å²) >= 11 is 0. The van der Waals surface area contributed by atoms with E-state index in [0.29, 0.717) is 12.8 Å². The number of rotatable bonds is 5. The maximum atomic E-state index is 12.3. The van der Waals surface area contributed by atoms with Crippen LogP contribution in [0.2, 0.25) is 0 Å². The summed E-state index contributed by atoms with van der Waals surface area (Å²) in [6.45, 7) is 2.20. The average Bonchev–Trinajstić information content (AvgIpc) is 2.91. The van der Waals surface area contributed by atoms with Crippen molar-refractivity contribution in [1.29, 1.82) is 0 Å². The second kappa shape index (κ2) is 8.56. The molecule has 1 aliphatic heterocycles. The van der Waals surface area contributed by atoms with E-state index in [-0.39, 0.29) is 5.91 Å². The summed E-state index contributed by atoms with van der Waals surface area (Å²) in [5.41, 5.74) is 9.78. The second-order valence-corrected chi connectivity index (χ2v) is 6.70. The van der Waals surface area contributed by atoms with E-state index in [4.69, 9.17) is 5.73 Å². The van der Waals surface area contributed by atoms with Gasteiger partial charge in [0.1, 0.15) is 0 Å². The molecule has 1 fully saturated rings. The number of nitrogen functional groups attached to an aromatic ring is 1. The van der Waals surface area contributed by atoms with E-state index in [2.05, 4.69) is 22.3 Å². The van der Waals surface area contributed by atoms with Crippen molar-refractivity contribution in [3.8, 4) is 0 Å². The molecule has 0 spiro atoms. The van der Waals surface area contributed by atoms with Gasteiger partial charge in [0.05, 0.1) is 0 Å². The van der Waals surface area contributed by atoms with E-state index in [1.165, 1.54) is 31.4 Å². The van der Waals surface area contributed by atoms with Crippen LogP contribution in [-0.2, 0) is 11.2 Å². The average molecular weight is 337 g/mol. The lowest BCUT2D eigenvalue weighted by Crippen LogP contribution is -2.24. The molecule has 3 rings (SSSR count). The summed E-state index contributed by atoms with van der Waals surface area (Å²) in [5.74, 6) is 0.0243. The quantitative estimate of drug-likeness (QED) is 0.803. The second-order valence-electron chi connectivity index (χ2n) is 6.70. The molecule has 0 aliphatic carbocycles. The largest absolute Gasteiger partial charge is 0.399 e. The van der Waals surface area contributed by atoms with Gasteiger partial charge in [-0.3, -0.25) is 4.79 Å². The zero-order valence-electron chi connectivity index (χ0n) is 14.7. The third-order valence-corrected chi connectivity index (χ3v) is 4.78. The Bertz CT molecular complexity index is 706. The van der Waals surface area contributed by atoms with Crippen LogP contribution in [0.4, 0.5) is 17.1 Å². The van der Waals surface area contributed by atoms with E-state index < -0.39 is 0 Å². The minimum Gasteiger partial charge on any atom is -0.399 e. The monoisotopic (exact) mass is 337 g/mol. The molecule has 0 aromatic heterocycles. The molecule has 0 bridgehead atoms. The summed E-state index contributed by atoms with van der Waals surface area (Å²) < 4.78 is 0. The number of nitrogens with one attached hydrogen (secondary N) is 1. The van der Waals surface area contributed by atoms with Crippen LogP contribution in [0.15, 0.2) is 48.5 Å². The van der Waals surface area contributed by atoms with Gasteiger partial charge in [-0.1, -0.05) is 37.1 Å². The molecule has 25 heavy (non-hydrogen) atoms. The minimum absolute atomic E-state index is 0.0243. The van der Waals surface area contributed by atoms with Crippen molar-refractivity contribution in [2.45, 2.75) is 38.5 Å². The van der Waals surface area contributed by atoms with Gasteiger partial charge in [0.25, 0.3) is 0 Å². The lowest BCUT2D eigenvalue weighted by atomic mass is 10.1. The van der Waals surface area contributed by atoms with E-state index in [0.717, 1.165) is 30.0 Å². The van der Waals surface area contributed by atoms with Crippen LogP contribution in [0.5, 0.6) is 0 Å². The Kier molecular flexibility index (Phi) is 5.94. The topological polar surface area (TPSA) is 58.4 Å². The molecule has 2 aromatic carbocycles. The molecule has 0 saturated carbocycles. The summed E-state index contributed by atoms with van der Waals surface area (Å²) in [7, 11) is 0. The Morgan fingerprint density at radius 1 is 1.00 bits per heavy atom. The first-order chi connectivity index (χ1) is 12.2. The molecule has 4 heteroatoms. The Labute approximate surface area is 150 Å². The van der Waals surface area contributed by atoms with Crippen molar-refractivity contribution in [2.24, 2.45) is 0 Å². The van der Waals surface area contributed by atoms with Crippen LogP contribution in [-0.4, -0.2) is 19.0 Å². The number of aryl methyl sites for hydroxylation is 1. The zero-order valence-corrected chi connectivity index (χ0v) is 14.7. The Morgan fingerprint density at radius 2 is 1.76 bits per heavy atom. The lowest BCUT2D eigenvalue weighted by molar-refractivity contribution is -0.116. The lowest BCUT2D eigenvalue weighted by Gasteiger charge is -2.23. The Morgan fingerprint density at radius 3 is 2.52 bits per heavy atom. The van der Waals surface area contributed by atoms with Crippen molar-refractivity contribution < 1.29 is 4.79 Å². The van der Waals surface area contributed by atoms with Crippen LogP contribution in [0.1, 0.15) is 37.7 Å². The summed E-state index contributed by atoms with van der Waals surface area (Å²) in [4.78, 5) is 14.7. The minimum atomic E-state index is 0.0243. The van der Waals surface area contributed by atoms with Crippen LogP contribution in [0.3, 0.4) is 0 Å². The van der Waals surface area contributed by atoms with Gasteiger partial charge in [0.2, 0.25) is 5.91 Å². The SMILES string of the molecule is Nc1ccccc1CCC(=O)Nc1cccc(N2CCCCCC2)c1. The molecule has 2 aromatic rings. The number of benzene rings is 2. The Balaban J connectivity index is 1.57. The highest BCUT2D eigenvalue weighted by atomic mass is 16.1. The molecule has 0 unspecified atom stereocenters. The first kappa shape index (κ1) is 17.3.